The van der Waals surface area contributed by atoms with Gasteiger partial charge in [0, 0.05) is 12.1 Å². The van der Waals surface area contributed by atoms with Crippen molar-refractivity contribution in [2.45, 2.75) is 63.6 Å². The second-order valence-corrected chi connectivity index (χ2v) is 6.59. The van der Waals surface area contributed by atoms with Gasteiger partial charge in [-0.3, -0.25) is 4.90 Å². The summed E-state index contributed by atoms with van der Waals surface area (Å²) in [4.78, 5) is 2.59. The molecule has 1 N–H and O–H groups in total. The Morgan fingerprint density at radius 1 is 1.05 bits per heavy atom. The van der Waals surface area contributed by atoms with Gasteiger partial charge in [-0.1, -0.05) is 43.2 Å². The second-order valence-electron chi connectivity index (χ2n) is 6.59. The van der Waals surface area contributed by atoms with Crippen molar-refractivity contribution in [3.8, 4) is 0 Å². The van der Waals surface area contributed by atoms with Crippen LogP contribution in [0.4, 0.5) is 0 Å². The molecule has 1 aromatic rings. The summed E-state index contributed by atoms with van der Waals surface area (Å²) in [5, 5.41) is 10.7. The smallest absolute Gasteiger partial charge is 0.0942 e. The molecule has 1 aromatic carbocycles. The molecule has 3 unspecified atom stereocenters. The van der Waals surface area contributed by atoms with Crippen molar-refractivity contribution in [1.29, 1.82) is 0 Å². The maximum Gasteiger partial charge on any atom is 0.0942 e. The third-order valence-electron chi connectivity index (χ3n) is 5.41. The highest BCUT2D eigenvalue weighted by Crippen LogP contribution is 2.38. The van der Waals surface area contributed by atoms with Gasteiger partial charge in [-0.25, -0.2) is 0 Å². The van der Waals surface area contributed by atoms with Crippen LogP contribution in [0.25, 0.3) is 0 Å². The van der Waals surface area contributed by atoms with E-state index in [4.69, 9.17) is 0 Å². The highest BCUT2D eigenvalue weighted by atomic mass is 16.3. The standard InChI is InChI=1S/C18H27NO/c1-14(18(20)16-10-3-2-4-11-16)19-13-7-12-17(19)15-8-5-6-9-15/h2-4,10-11,14-15,17-18,20H,5-9,12-13H2,1H3. The van der Waals surface area contributed by atoms with Crippen LogP contribution < -0.4 is 0 Å². The van der Waals surface area contributed by atoms with Crippen molar-refractivity contribution in [2.24, 2.45) is 5.92 Å². The number of rotatable bonds is 4. The molecule has 2 nitrogen and oxygen atoms in total. The predicted octanol–water partition coefficient (Wildman–Crippen LogP) is 3.76. The van der Waals surface area contributed by atoms with Gasteiger partial charge >= 0.3 is 0 Å². The molecule has 2 aliphatic rings. The number of benzene rings is 1. The molecule has 20 heavy (non-hydrogen) atoms. The van der Waals surface area contributed by atoms with Crippen molar-refractivity contribution >= 4 is 0 Å². The fourth-order valence-electron chi connectivity index (χ4n) is 4.28. The van der Waals surface area contributed by atoms with Crippen molar-refractivity contribution in [3.63, 3.8) is 0 Å². The molecule has 1 aliphatic heterocycles. The Kier molecular flexibility index (Phi) is 4.42. The van der Waals surface area contributed by atoms with Crippen LogP contribution in [0.15, 0.2) is 30.3 Å². The summed E-state index contributed by atoms with van der Waals surface area (Å²) >= 11 is 0. The first-order valence-corrected chi connectivity index (χ1v) is 8.26. The SMILES string of the molecule is CC(C(O)c1ccccc1)N1CCCC1C1CCCC1. The normalized spacial score (nSPS) is 27.8. The van der Waals surface area contributed by atoms with Crippen LogP contribution in [0.2, 0.25) is 0 Å². The molecule has 3 atom stereocenters. The fraction of sp³-hybridized carbons (Fsp3) is 0.667. The van der Waals surface area contributed by atoms with E-state index in [1.54, 1.807) is 0 Å². The van der Waals surface area contributed by atoms with Gasteiger partial charge in [0.2, 0.25) is 0 Å². The van der Waals surface area contributed by atoms with Gasteiger partial charge in [0.05, 0.1) is 6.10 Å². The lowest BCUT2D eigenvalue weighted by Gasteiger charge is -2.36. The molecule has 2 heteroatoms. The van der Waals surface area contributed by atoms with Crippen LogP contribution in [0, 0.1) is 5.92 Å². The molecular weight excluding hydrogens is 246 g/mol. The maximum atomic E-state index is 10.7. The zero-order valence-corrected chi connectivity index (χ0v) is 12.5. The monoisotopic (exact) mass is 273 g/mol. The Morgan fingerprint density at radius 2 is 1.75 bits per heavy atom. The summed E-state index contributed by atoms with van der Waals surface area (Å²) in [6.45, 7) is 3.36. The molecule has 1 saturated heterocycles. The maximum absolute atomic E-state index is 10.7. The first-order valence-electron chi connectivity index (χ1n) is 8.26. The lowest BCUT2D eigenvalue weighted by molar-refractivity contribution is 0.0363. The minimum atomic E-state index is -0.363. The molecule has 3 rings (SSSR count). The number of aliphatic hydroxyl groups excluding tert-OH is 1. The Bertz CT molecular complexity index is 413. The summed E-state index contributed by atoms with van der Waals surface area (Å²) in [7, 11) is 0. The van der Waals surface area contributed by atoms with Gasteiger partial charge in [0.1, 0.15) is 0 Å². The first kappa shape index (κ1) is 14.1. The van der Waals surface area contributed by atoms with E-state index in [0.29, 0.717) is 6.04 Å². The quantitative estimate of drug-likeness (QED) is 0.903. The van der Waals surface area contributed by atoms with E-state index in [0.717, 1.165) is 18.0 Å². The Balaban J connectivity index is 1.70. The van der Waals surface area contributed by atoms with Crippen molar-refractivity contribution < 1.29 is 5.11 Å². The van der Waals surface area contributed by atoms with E-state index in [2.05, 4.69) is 11.8 Å². The largest absolute Gasteiger partial charge is 0.387 e. The average Bonchev–Trinajstić information content (AvgIpc) is 3.16. The fourth-order valence-corrected chi connectivity index (χ4v) is 4.28. The minimum absolute atomic E-state index is 0.227. The van der Waals surface area contributed by atoms with Gasteiger partial charge in [-0.05, 0) is 50.6 Å². The Morgan fingerprint density at radius 3 is 2.45 bits per heavy atom. The predicted molar refractivity (Wildman–Crippen MR) is 82.5 cm³/mol. The van der Waals surface area contributed by atoms with E-state index >= 15 is 0 Å². The summed E-state index contributed by atoms with van der Waals surface area (Å²) in [6, 6.07) is 11.1. The summed E-state index contributed by atoms with van der Waals surface area (Å²) < 4.78 is 0. The average molecular weight is 273 g/mol. The zero-order chi connectivity index (χ0) is 13.9. The van der Waals surface area contributed by atoms with Crippen LogP contribution in [0.1, 0.15) is 57.1 Å². The lowest BCUT2D eigenvalue weighted by atomic mass is 9.93. The molecule has 0 bridgehead atoms. The van der Waals surface area contributed by atoms with Crippen LogP contribution >= 0.6 is 0 Å². The van der Waals surface area contributed by atoms with E-state index in [1.165, 1.54) is 38.5 Å². The molecule has 0 spiro atoms. The highest BCUT2D eigenvalue weighted by Gasteiger charge is 2.37. The molecule has 2 fully saturated rings. The van der Waals surface area contributed by atoms with Gasteiger partial charge in [-0.15, -0.1) is 0 Å². The highest BCUT2D eigenvalue weighted by molar-refractivity contribution is 5.19. The first-order chi connectivity index (χ1) is 9.77. The van der Waals surface area contributed by atoms with E-state index in [1.807, 2.05) is 30.3 Å². The van der Waals surface area contributed by atoms with Crippen LogP contribution in [0.3, 0.4) is 0 Å². The summed E-state index contributed by atoms with van der Waals surface area (Å²) in [5.74, 6) is 0.878. The summed E-state index contributed by atoms with van der Waals surface area (Å²) in [5.41, 5.74) is 1.05. The molecule has 1 saturated carbocycles. The Hall–Kier alpha value is -0.860. The van der Waals surface area contributed by atoms with Crippen LogP contribution in [0.5, 0.6) is 0 Å². The van der Waals surface area contributed by atoms with Crippen molar-refractivity contribution in [2.75, 3.05) is 6.54 Å². The number of likely N-dealkylation sites (tertiary alicyclic amines) is 1. The third kappa shape index (κ3) is 2.77. The topological polar surface area (TPSA) is 23.5 Å². The van der Waals surface area contributed by atoms with Crippen LogP contribution in [-0.4, -0.2) is 28.6 Å². The van der Waals surface area contributed by atoms with Gasteiger partial charge in [0.25, 0.3) is 0 Å². The summed E-state index contributed by atoms with van der Waals surface area (Å²) in [6.07, 6.45) is 7.88. The number of nitrogens with zero attached hydrogens (tertiary/aromatic N) is 1. The van der Waals surface area contributed by atoms with Crippen LogP contribution in [-0.2, 0) is 0 Å². The third-order valence-corrected chi connectivity index (χ3v) is 5.41. The van der Waals surface area contributed by atoms with Crippen molar-refractivity contribution in [1.82, 2.24) is 4.90 Å². The van der Waals surface area contributed by atoms with Gasteiger partial charge in [-0.2, -0.15) is 0 Å². The number of hydrogen-bond donors (Lipinski definition) is 1. The van der Waals surface area contributed by atoms with Gasteiger partial charge < -0.3 is 5.11 Å². The molecule has 1 heterocycles. The minimum Gasteiger partial charge on any atom is -0.387 e. The second kappa shape index (κ2) is 6.28. The molecule has 0 amide bonds. The van der Waals surface area contributed by atoms with E-state index < -0.39 is 0 Å². The van der Waals surface area contributed by atoms with E-state index in [-0.39, 0.29) is 12.1 Å². The zero-order valence-electron chi connectivity index (χ0n) is 12.5. The molecule has 0 radical (unpaired) electrons. The molecule has 1 aliphatic carbocycles. The Labute approximate surface area is 122 Å². The molecular formula is C18H27NO. The molecule has 110 valence electrons. The number of hydrogen-bond acceptors (Lipinski definition) is 2. The van der Waals surface area contributed by atoms with E-state index in [9.17, 15) is 5.11 Å². The van der Waals surface area contributed by atoms with Crippen molar-refractivity contribution in [3.05, 3.63) is 35.9 Å². The lowest BCUT2D eigenvalue weighted by Crippen LogP contribution is -2.43. The number of aliphatic hydroxyl groups is 1. The molecule has 0 aromatic heterocycles. The van der Waals surface area contributed by atoms with Gasteiger partial charge in [0.15, 0.2) is 0 Å².